The Labute approximate surface area is 136 Å². The van der Waals surface area contributed by atoms with Gasteiger partial charge in [0.1, 0.15) is 6.29 Å². The van der Waals surface area contributed by atoms with Crippen LogP contribution < -0.4 is 22.1 Å². The molecule has 0 unspecified atom stereocenters. The smallest absolute Gasteiger partial charge is 0.124 e. The normalized spacial score (nSPS) is 10.6. The van der Waals surface area contributed by atoms with E-state index in [1.165, 1.54) is 0 Å². The van der Waals surface area contributed by atoms with Crippen LogP contribution in [0.2, 0.25) is 0 Å². The van der Waals surface area contributed by atoms with Crippen LogP contribution >= 0.6 is 0 Å². The van der Waals surface area contributed by atoms with E-state index in [0.29, 0.717) is 25.2 Å². The quantitative estimate of drug-likeness (QED) is 0.342. The van der Waals surface area contributed by atoms with E-state index in [1.54, 1.807) is 0 Å². The van der Waals surface area contributed by atoms with Gasteiger partial charge in [0.15, 0.2) is 0 Å². The summed E-state index contributed by atoms with van der Waals surface area (Å²) in [6.07, 6.45) is 5.22. The number of hydrogen-bond donors (Lipinski definition) is 4. The van der Waals surface area contributed by atoms with Gasteiger partial charge in [0.25, 0.3) is 0 Å². The van der Waals surface area contributed by atoms with E-state index in [1.807, 2.05) is 54.6 Å². The van der Waals surface area contributed by atoms with Gasteiger partial charge in [-0.3, -0.25) is 0 Å². The third-order valence-corrected chi connectivity index (χ3v) is 3.45. The van der Waals surface area contributed by atoms with Crippen molar-refractivity contribution in [3.63, 3.8) is 0 Å². The summed E-state index contributed by atoms with van der Waals surface area (Å²) in [5.41, 5.74) is 15.9. The van der Waals surface area contributed by atoms with E-state index < -0.39 is 0 Å². The predicted octanol–water partition coefficient (Wildman–Crippen LogP) is 2.67. The van der Waals surface area contributed by atoms with Gasteiger partial charge >= 0.3 is 0 Å². The average molecular weight is 310 g/mol. The van der Waals surface area contributed by atoms with Gasteiger partial charge in [-0.2, -0.15) is 0 Å². The fourth-order valence-corrected chi connectivity index (χ4v) is 2.20. The second kappa shape index (κ2) is 8.48. The lowest BCUT2D eigenvalue weighted by Gasteiger charge is -2.10. The zero-order valence-corrected chi connectivity index (χ0v) is 13.0. The molecule has 0 fully saturated rings. The minimum atomic E-state index is 0.333. The summed E-state index contributed by atoms with van der Waals surface area (Å²) in [7, 11) is 0. The summed E-state index contributed by atoms with van der Waals surface area (Å²) in [5, 5.41) is 6.49. The van der Waals surface area contributed by atoms with Crippen molar-refractivity contribution in [1.82, 2.24) is 0 Å². The Balaban J connectivity index is 1.80. The fourth-order valence-electron chi connectivity index (χ4n) is 2.20. The number of carbonyl (C=O) groups excluding carboxylic acids is 1. The number of para-hydroxylation sites is 3. The van der Waals surface area contributed by atoms with Crippen molar-refractivity contribution in [2.45, 2.75) is 6.42 Å². The molecule has 2 aromatic rings. The molecule has 120 valence electrons. The first-order valence-electron chi connectivity index (χ1n) is 7.50. The Bertz CT molecular complexity index is 682. The summed E-state index contributed by atoms with van der Waals surface area (Å²) in [6.45, 7) is 1.34. The molecule has 23 heavy (non-hydrogen) atoms. The highest BCUT2D eigenvalue weighted by molar-refractivity contribution is 5.73. The lowest BCUT2D eigenvalue weighted by atomic mass is 10.1. The molecule has 0 bridgehead atoms. The minimum Gasteiger partial charge on any atom is -0.397 e. The van der Waals surface area contributed by atoms with Crippen LogP contribution in [0.5, 0.6) is 0 Å². The second-order valence-electron chi connectivity index (χ2n) is 5.07. The number of nitrogen functional groups attached to an aromatic ring is 2. The van der Waals surface area contributed by atoms with Crippen LogP contribution in [0.25, 0.3) is 0 Å². The molecule has 0 amide bonds. The highest BCUT2D eigenvalue weighted by Crippen LogP contribution is 2.22. The van der Waals surface area contributed by atoms with Crippen LogP contribution in [0.1, 0.15) is 5.56 Å². The van der Waals surface area contributed by atoms with E-state index in [0.717, 1.165) is 28.9 Å². The molecule has 0 aliphatic rings. The molecule has 5 heteroatoms. The van der Waals surface area contributed by atoms with Crippen molar-refractivity contribution in [1.29, 1.82) is 0 Å². The summed E-state index contributed by atoms with van der Waals surface area (Å²) in [6, 6.07) is 13.3. The number of nitrogens with one attached hydrogen (secondary N) is 2. The number of nitrogens with two attached hydrogens (primary N) is 2. The van der Waals surface area contributed by atoms with Gasteiger partial charge in [0.2, 0.25) is 0 Å². The molecule has 6 N–H and O–H groups in total. The number of benzene rings is 2. The number of rotatable bonds is 8. The van der Waals surface area contributed by atoms with Crippen LogP contribution in [0.15, 0.2) is 54.6 Å². The van der Waals surface area contributed by atoms with E-state index in [4.69, 9.17) is 11.5 Å². The van der Waals surface area contributed by atoms with E-state index in [9.17, 15) is 4.79 Å². The highest BCUT2D eigenvalue weighted by Gasteiger charge is 2.03. The molecular weight excluding hydrogens is 288 g/mol. The highest BCUT2D eigenvalue weighted by atomic mass is 16.1. The molecule has 0 atom stereocenters. The third kappa shape index (κ3) is 4.78. The van der Waals surface area contributed by atoms with Crippen LogP contribution in [0, 0.1) is 0 Å². The first-order valence-corrected chi connectivity index (χ1v) is 7.50. The maximum Gasteiger partial charge on any atom is 0.124 e. The van der Waals surface area contributed by atoms with Crippen molar-refractivity contribution < 1.29 is 4.79 Å². The van der Waals surface area contributed by atoms with Gasteiger partial charge in [-0.05, 0) is 23.8 Å². The minimum absolute atomic E-state index is 0.333. The zero-order chi connectivity index (χ0) is 16.5. The number of aldehydes is 1. The third-order valence-electron chi connectivity index (χ3n) is 3.45. The van der Waals surface area contributed by atoms with E-state index in [-0.39, 0.29) is 0 Å². The molecule has 2 rings (SSSR count). The Morgan fingerprint density at radius 3 is 2.22 bits per heavy atom. The van der Waals surface area contributed by atoms with Crippen molar-refractivity contribution >= 4 is 29.0 Å². The van der Waals surface area contributed by atoms with Crippen molar-refractivity contribution in [2.75, 3.05) is 35.2 Å². The first kappa shape index (κ1) is 16.4. The Kier molecular flexibility index (Phi) is 6.06. The largest absolute Gasteiger partial charge is 0.397 e. The van der Waals surface area contributed by atoms with Gasteiger partial charge in [-0.1, -0.05) is 36.4 Å². The molecule has 0 aliphatic carbocycles. The average Bonchev–Trinajstić information content (AvgIpc) is 2.55. The maximum atomic E-state index is 10.6. The van der Waals surface area contributed by atoms with Gasteiger partial charge in [-0.15, -0.1) is 0 Å². The SMILES string of the molecule is Nc1ccccc1NC/C=C/CNc1cccc(CC=O)c1N. The van der Waals surface area contributed by atoms with Crippen molar-refractivity contribution in [3.8, 4) is 0 Å². The molecule has 2 aromatic carbocycles. The molecule has 0 aromatic heterocycles. The molecule has 0 spiro atoms. The Morgan fingerprint density at radius 1 is 0.870 bits per heavy atom. The van der Waals surface area contributed by atoms with Gasteiger partial charge < -0.3 is 26.9 Å². The fraction of sp³-hybridized carbons (Fsp3) is 0.167. The Morgan fingerprint density at radius 2 is 1.52 bits per heavy atom. The van der Waals surface area contributed by atoms with Gasteiger partial charge in [0, 0.05) is 19.5 Å². The number of hydrogen-bond acceptors (Lipinski definition) is 5. The summed E-state index contributed by atoms with van der Waals surface area (Å²) >= 11 is 0. The molecular formula is C18H22N4O. The Hall–Kier alpha value is -2.95. The van der Waals surface area contributed by atoms with Gasteiger partial charge in [0.05, 0.1) is 22.7 Å². The van der Waals surface area contributed by atoms with Crippen molar-refractivity contribution in [3.05, 3.63) is 60.2 Å². The standard InChI is InChI=1S/C18H22N4O/c19-15-7-1-2-8-16(15)21-11-3-4-12-22-17-9-5-6-14(10-13-23)18(17)20/h1-9,13,21-22H,10-12,19-20H2/b4-3+. The monoisotopic (exact) mass is 310 g/mol. The zero-order valence-electron chi connectivity index (χ0n) is 13.0. The molecule has 5 nitrogen and oxygen atoms in total. The van der Waals surface area contributed by atoms with Crippen LogP contribution in [-0.4, -0.2) is 19.4 Å². The van der Waals surface area contributed by atoms with Gasteiger partial charge in [-0.25, -0.2) is 0 Å². The van der Waals surface area contributed by atoms with Crippen LogP contribution in [-0.2, 0) is 11.2 Å². The second-order valence-corrected chi connectivity index (χ2v) is 5.07. The number of carbonyl (C=O) groups is 1. The van der Waals surface area contributed by atoms with Crippen LogP contribution in [0.4, 0.5) is 22.7 Å². The summed E-state index contributed by atoms with van der Waals surface area (Å²) in [4.78, 5) is 10.6. The molecule has 0 radical (unpaired) electrons. The van der Waals surface area contributed by atoms with E-state index >= 15 is 0 Å². The summed E-state index contributed by atoms with van der Waals surface area (Å²) in [5.74, 6) is 0. The molecule has 0 heterocycles. The number of anilines is 4. The lowest BCUT2D eigenvalue weighted by molar-refractivity contribution is -0.107. The van der Waals surface area contributed by atoms with Crippen LogP contribution in [0.3, 0.4) is 0 Å². The molecule has 0 aliphatic heterocycles. The lowest BCUT2D eigenvalue weighted by Crippen LogP contribution is -2.06. The van der Waals surface area contributed by atoms with E-state index in [2.05, 4.69) is 10.6 Å². The molecule has 0 saturated carbocycles. The predicted molar refractivity (Wildman–Crippen MR) is 97.6 cm³/mol. The molecule has 0 saturated heterocycles. The maximum absolute atomic E-state index is 10.6. The first-order chi connectivity index (χ1) is 11.2. The topological polar surface area (TPSA) is 93.2 Å². The summed E-state index contributed by atoms with van der Waals surface area (Å²) < 4.78 is 0. The van der Waals surface area contributed by atoms with Crippen molar-refractivity contribution in [2.24, 2.45) is 0 Å².